The zero-order valence-corrected chi connectivity index (χ0v) is 20.9. The lowest BCUT2D eigenvalue weighted by Gasteiger charge is -2.30. The molecule has 2 aromatic rings. The van der Waals surface area contributed by atoms with Gasteiger partial charge in [-0.2, -0.15) is 26.3 Å². The van der Waals surface area contributed by atoms with Crippen LogP contribution in [0.4, 0.5) is 26.3 Å². The summed E-state index contributed by atoms with van der Waals surface area (Å²) in [4.78, 5) is 34.4. The number of hydrogen-bond donors (Lipinski definition) is 1. The molecule has 2 aliphatic heterocycles. The molecule has 2 aromatic carbocycles. The highest BCUT2D eigenvalue weighted by Crippen LogP contribution is 2.50. The van der Waals surface area contributed by atoms with Gasteiger partial charge in [0.15, 0.2) is 0 Å². The first-order valence-corrected chi connectivity index (χ1v) is 11.6. The highest BCUT2D eigenvalue weighted by molar-refractivity contribution is 6.48. The predicted molar refractivity (Wildman–Crippen MR) is 123 cm³/mol. The number of benzene rings is 2. The molecule has 0 aliphatic carbocycles. The van der Waals surface area contributed by atoms with Crippen LogP contribution in [0.3, 0.4) is 0 Å². The molecule has 2 aliphatic rings. The molecule has 204 valence electrons. The van der Waals surface area contributed by atoms with Crippen molar-refractivity contribution in [3.05, 3.63) is 67.7 Å². The summed E-state index contributed by atoms with van der Waals surface area (Å²) in [5.74, 6) is -3.51. The molecule has 0 saturated carbocycles. The average molecular weight is 605 g/mol. The second kappa shape index (κ2) is 9.78. The summed E-state index contributed by atoms with van der Waals surface area (Å²) in [6.45, 7) is -2.26. The SMILES string of the molecule is NC(=O)c1ccc(C2=NOC(c3cc(Cl)c(Cl)c(Cl)c3)(C(F)(F)F)C2)cc1[C@@H]1CON(CC(F)(F)F)C1=O. The number of rotatable bonds is 5. The van der Waals surface area contributed by atoms with Crippen LogP contribution in [0.2, 0.25) is 15.1 Å². The molecule has 0 bridgehead atoms. The molecule has 16 heteroatoms. The minimum atomic E-state index is -5.03. The van der Waals surface area contributed by atoms with E-state index >= 15 is 0 Å². The van der Waals surface area contributed by atoms with Gasteiger partial charge >= 0.3 is 12.4 Å². The lowest BCUT2D eigenvalue weighted by atomic mass is 9.85. The van der Waals surface area contributed by atoms with Crippen molar-refractivity contribution in [1.82, 2.24) is 5.06 Å². The Morgan fingerprint density at radius 3 is 2.29 bits per heavy atom. The molecule has 2 amide bonds. The van der Waals surface area contributed by atoms with Crippen LogP contribution in [0.15, 0.2) is 35.5 Å². The van der Waals surface area contributed by atoms with E-state index in [0.717, 1.165) is 24.3 Å². The number of halogens is 9. The molecule has 1 fully saturated rings. The largest absolute Gasteiger partial charge is 0.435 e. The Morgan fingerprint density at radius 2 is 1.74 bits per heavy atom. The summed E-state index contributed by atoms with van der Waals surface area (Å²) in [5, 5.41) is 3.01. The Kier molecular flexibility index (Phi) is 7.27. The predicted octanol–water partition coefficient (Wildman–Crippen LogP) is 5.75. The molecular formula is C22H14Cl3F6N3O4. The number of carbonyl (C=O) groups excluding carboxylic acids is 2. The molecule has 0 aromatic heterocycles. The normalized spacial score (nSPS) is 22.0. The number of oxime groups is 1. The maximum Gasteiger partial charge on any atom is 0.435 e. The van der Waals surface area contributed by atoms with Crippen LogP contribution in [-0.4, -0.2) is 48.1 Å². The topological polar surface area (TPSA) is 94.2 Å². The molecule has 4 rings (SSSR count). The van der Waals surface area contributed by atoms with E-state index in [-0.39, 0.29) is 42.5 Å². The average Bonchev–Trinajstić information content (AvgIpc) is 3.41. The van der Waals surface area contributed by atoms with Gasteiger partial charge < -0.3 is 10.6 Å². The van der Waals surface area contributed by atoms with Crippen LogP contribution >= 0.6 is 34.8 Å². The van der Waals surface area contributed by atoms with E-state index in [4.69, 9.17) is 50.2 Å². The van der Waals surface area contributed by atoms with Gasteiger partial charge in [0.1, 0.15) is 6.54 Å². The van der Waals surface area contributed by atoms with Crippen molar-refractivity contribution in [3.8, 4) is 0 Å². The molecule has 2 atom stereocenters. The van der Waals surface area contributed by atoms with Gasteiger partial charge in [0, 0.05) is 17.5 Å². The second-order valence-corrected chi connectivity index (χ2v) is 9.58. The summed E-state index contributed by atoms with van der Waals surface area (Å²) in [6, 6.07) is 5.35. The minimum absolute atomic E-state index is 0.00986. The van der Waals surface area contributed by atoms with Crippen LogP contribution in [-0.2, 0) is 20.1 Å². The molecule has 2 heterocycles. The van der Waals surface area contributed by atoms with Crippen molar-refractivity contribution in [3.63, 3.8) is 0 Å². The minimum Gasteiger partial charge on any atom is -0.374 e. The smallest absolute Gasteiger partial charge is 0.374 e. The Labute approximate surface area is 224 Å². The monoisotopic (exact) mass is 603 g/mol. The lowest BCUT2D eigenvalue weighted by molar-refractivity contribution is -0.275. The van der Waals surface area contributed by atoms with Crippen molar-refractivity contribution in [2.45, 2.75) is 30.3 Å². The van der Waals surface area contributed by atoms with Crippen molar-refractivity contribution >= 4 is 52.3 Å². The van der Waals surface area contributed by atoms with Crippen molar-refractivity contribution < 1.29 is 45.6 Å². The summed E-state index contributed by atoms with van der Waals surface area (Å²) in [5.41, 5.74) is 1.22. The zero-order chi connectivity index (χ0) is 28.2. The summed E-state index contributed by atoms with van der Waals surface area (Å²) in [7, 11) is 0. The van der Waals surface area contributed by atoms with Crippen molar-refractivity contribution in [1.29, 1.82) is 0 Å². The third-order valence-electron chi connectivity index (χ3n) is 5.93. The van der Waals surface area contributed by atoms with E-state index in [1.807, 2.05) is 0 Å². The Morgan fingerprint density at radius 1 is 1.11 bits per heavy atom. The van der Waals surface area contributed by atoms with Crippen LogP contribution in [0.25, 0.3) is 0 Å². The third-order valence-corrected chi connectivity index (χ3v) is 7.12. The van der Waals surface area contributed by atoms with Gasteiger partial charge in [-0.3, -0.25) is 14.4 Å². The lowest BCUT2D eigenvalue weighted by Crippen LogP contribution is -2.42. The molecule has 0 radical (unpaired) electrons. The fourth-order valence-electron chi connectivity index (χ4n) is 4.08. The van der Waals surface area contributed by atoms with Crippen LogP contribution in [0.5, 0.6) is 0 Å². The van der Waals surface area contributed by atoms with E-state index < -0.39 is 60.8 Å². The highest BCUT2D eigenvalue weighted by Gasteiger charge is 2.62. The quantitative estimate of drug-likeness (QED) is 0.348. The molecule has 7 nitrogen and oxygen atoms in total. The van der Waals surface area contributed by atoms with Crippen molar-refractivity contribution in [2.75, 3.05) is 13.2 Å². The van der Waals surface area contributed by atoms with E-state index in [1.54, 1.807) is 0 Å². The first-order valence-electron chi connectivity index (χ1n) is 10.5. The molecule has 2 N–H and O–H groups in total. The molecular weight excluding hydrogens is 591 g/mol. The molecule has 1 unspecified atom stereocenters. The summed E-state index contributed by atoms with van der Waals surface area (Å²) < 4.78 is 81.3. The number of amides is 2. The van der Waals surface area contributed by atoms with E-state index in [2.05, 4.69) is 5.16 Å². The van der Waals surface area contributed by atoms with Crippen LogP contribution in [0.1, 0.15) is 39.4 Å². The van der Waals surface area contributed by atoms with Crippen LogP contribution < -0.4 is 5.73 Å². The second-order valence-electron chi connectivity index (χ2n) is 8.39. The molecule has 0 spiro atoms. The zero-order valence-electron chi connectivity index (χ0n) is 18.6. The van der Waals surface area contributed by atoms with Gasteiger partial charge in [0.2, 0.25) is 5.91 Å². The number of hydrogen-bond acceptors (Lipinski definition) is 5. The Hall–Kier alpha value is -2.74. The molecule has 38 heavy (non-hydrogen) atoms. The third kappa shape index (κ3) is 5.12. The van der Waals surface area contributed by atoms with Gasteiger partial charge in [-0.15, -0.1) is 0 Å². The standard InChI is InChI=1S/C22H14Cl3F6N3O4/c23-14-4-10(5-15(24)17(14)25)20(22(29,30)31)6-16(33-38-20)9-1-2-11(18(32)35)12(3-9)13-7-37-34(19(13)36)8-21(26,27)28/h1-5,13H,6-8H2,(H2,32,35)/t13-,20?/m0/s1. The van der Waals surface area contributed by atoms with Crippen LogP contribution in [0, 0.1) is 0 Å². The first kappa shape index (κ1) is 28.3. The van der Waals surface area contributed by atoms with E-state index in [0.29, 0.717) is 0 Å². The number of nitrogens with zero attached hydrogens (tertiary/aromatic N) is 2. The summed E-state index contributed by atoms with van der Waals surface area (Å²) >= 11 is 17.7. The van der Waals surface area contributed by atoms with E-state index in [1.165, 1.54) is 6.07 Å². The van der Waals surface area contributed by atoms with Gasteiger partial charge in [0.25, 0.3) is 11.5 Å². The number of primary amides is 1. The number of nitrogens with two attached hydrogens (primary N) is 1. The number of carbonyl (C=O) groups is 2. The van der Waals surface area contributed by atoms with Gasteiger partial charge in [-0.05, 0) is 35.4 Å². The van der Waals surface area contributed by atoms with Gasteiger partial charge in [0.05, 0.1) is 33.3 Å². The Balaban J connectivity index is 1.72. The highest BCUT2D eigenvalue weighted by atomic mass is 35.5. The maximum absolute atomic E-state index is 14.3. The van der Waals surface area contributed by atoms with E-state index in [9.17, 15) is 35.9 Å². The fourth-order valence-corrected chi connectivity index (χ4v) is 4.68. The first-order chi connectivity index (χ1) is 17.5. The maximum atomic E-state index is 14.3. The van der Waals surface area contributed by atoms with Crippen molar-refractivity contribution in [2.24, 2.45) is 10.9 Å². The number of alkyl halides is 6. The van der Waals surface area contributed by atoms with Gasteiger partial charge in [-0.25, -0.2) is 5.06 Å². The molecule has 1 saturated heterocycles. The fraction of sp³-hybridized carbons (Fsp3) is 0.318. The Bertz CT molecular complexity index is 1330. The number of hydroxylamine groups is 2. The summed E-state index contributed by atoms with van der Waals surface area (Å²) in [6.07, 6.45) is -10.7. The van der Waals surface area contributed by atoms with Gasteiger partial charge in [-0.1, -0.05) is 46.0 Å².